The molecule has 0 unspecified atom stereocenters. The monoisotopic (exact) mass is 665 g/mol. The van der Waals surface area contributed by atoms with E-state index in [0.717, 1.165) is 37.4 Å². The molecule has 3 aromatic rings. The first-order valence-corrected chi connectivity index (χ1v) is 14.3. The number of hydrogen-bond acceptors (Lipinski definition) is 8. The van der Waals surface area contributed by atoms with Gasteiger partial charge in [0.05, 0.1) is 29.3 Å². The maximum atomic E-state index is 10.8. The maximum Gasteiger partial charge on any atom is 0.249 e. The third kappa shape index (κ3) is 11.0. The Labute approximate surface area is 236 Å². The highest BCUT2D eigenvalue weighted by Crippen LogP contribution is 2.21. The smallest absolute Gasteiger partial charge is 0.249 e. The number of aryl methyl sites for hydroxylation is 4. The van der Waals surface area contributed by atoms with Gasteiger partial charge in [-0.2, -0.15) is 12.6 Å². The molecule has 0 aliphatic rings. The van der Waals surface area contributed by atoms with E-state index >= 15 is 0 Å². The maximum absolute atomic E-state index is 10.8. The molecule has 0 atom stereocenters. The molecule has 3 rings (SSSR count). The molecule has 2 aromatic heterocycles. The van der Waals surface area contributed by atoms with Gasteiger partial charge in [-0.25, -0.2) is 14.3 Å². The van der Waals surface area contributed by atoms with Crippen molar-refractivity contribution < 1.29 is 27.1 Å². The molecule has 0 saturated heterocycles. The van der Waals surface area contributed by atoms with Crippen LogP contribution >= 0.6 is 44.5 Å². The van der Waals surface area contributed by atoms with E-state index in [4.69, 9.17) is 15.3 Å². The number of aromatic nitrogens is 2. The van der Waals surface area contributed by atoms with E-state index in [1.54, 1.807) is 58.8 Å². The summed E-state index contributed by atoms with van der Waals surface area (Å²) in [6.45, 7) is 8.92. The topological polar surface area (TPSA) is 118 Å². The second-order valence-electron chi connectivity index (χ2n) is 7.34. The quantitative estimate of drug-likeness (QED) is 0.175. The fourth-order valence-electron chi connectivity index (χ4n) is 3.09. The normalized spacial score (nSPS) is 10.0. The molecule has 200 valence electrons. The van der Waals surface area contributed by atoms with Gasteiger partial charge in [-0.1, -0.05) is 22.4 Å². The number of rotatable bonds is 3. The standard InChI is InChI=1S/C9H12O3S.C7H10BrN2O.C7H8BrNO.CH4S/c1-6-4-7(2)9(8(3)5-6)13(10,11)12;1-5-7(11-2)3-6(8)4-10(5)9;1-5-7(10-2)3-6(8)4-9-5;1-2/h4-5H,1-3H3,(H,10,11,12);3-4H,9H2,1-2H3;3-4H,1-2H3;2H,1H3/q;+1;;/p-1. The summed E-state index contributed by atoms with van der Waals surface area (Å²) in [4.78, 5) is 3.99. The van der Waals surface area contributed by atoms with Gasteiger partial charge in [-0.05, 0) is 83.0 Å². The van der Waals surface area contributed by atoms with Crippen LogP contribution in [0.4, 0.5) is 0 Å². The van der Waals surface area contributed by atoms with Crippen LogP contribution in [0.15, 0.2) is 50.5 Å². The van der Waals surface area contributed by atoms with Crippen molar-refractivity contribution >= 4 is 54.6 Å². The van der Waals surface area contributed by atoms with Crippen LogP contribution in [0.5, 0.6) is 11.5 Å². The van der Waals surface area contributed by atoms with E-state index in [2.05, 4.69) is 49.5 Å². The molecule has 2 N–H and O–H groups in total. The predicted octanol–water partition coefficient (Wildman–Crippen LogP) is 4.99. The van der Waals surface area contributed by atoms with Crippen LogP contribution in [0.3, 0.4) is 0 Å². The molecule has 0 saturated carbocycles. The second-order valence-corrected chi connectivity index (χ2v) is 10.5. The Morgan fingerprint density at radius 2 is 1.39 bits per heavy atom. The Kier molecular flexibility index (Phi) is 15.2. The first-order chi connectivity index (χ1) is 16.7. The van der Waals surface area contributed by atoms with Crippen LogP contribution in [-0.4, -0.2) is 38.4 Å². The van der Waals surface area contributed by atoms with Gasteiger partial charge < -0.3 is 14.0 Å². The summed E-state index contributed by atoms with van der Waals surface area (Å²) in [5.41, 5.74) is 3.81. The van der Waals surface area contributed by atoms with E-state index < -0.39 is 10.1 Å². The SMILES string of the molecule is COc1cc(Br)c[n+](N)c1C.COc1cc(Br)cnc1C.CS.Cc1cc(C)c(S(=O)(=O)[O-])c(C)c1. The number of nitrogen functional groups attached to an aromatic ring is 1. The number of nitrogens with zero attached hydrogens (tertiary/aromatic N) is 2. The van der Waals surface area contributed by atoms with Gasteiger partial charge in [0, 0.05) is 23.7 Å². The Balaban J connectivity index is 0.000000497. The van der Waals surface area contributed by atoms with Crippen molar-refractivity contribution in [2.45, 2.75) is 39.5 Å². The van der Waals surface area contributed by atoms with Crippen LogP contribution in [0.1, 0.15) is 28.1 Å². The highest BCUT2D eigenvalue weighted by molar-refractivity contribution is 9.10. The van der Waals surface area contributed by atoms with Crippen molar-refractivity contribution in [1.82, 2.24) is 4.98 Å². The van der Waals surface area contributed by atoms with Crippen molar-refractivity contribution in [3.63, 3.8) is 0 Å². The van der Waals surface area contributed by atoms with E-state index in [1.165, 1.54) is 4.68 Å². The van der Waals surface area contributed by atoms with Gasteiger partial charge in [-0.3, -0.25) is 4.98 Å². The minimum atomic E-state index is -4.33. The van der Waals surface area contributed by atoms with Crippen molar-refractivity contribution in [2.24, 2.45) is 0 Å². The minimum Gasteiger partial charge on any atom is -0.744 e. The number of methoxy groups -OCH3 is 2. The lowest BCUT2D eigenvalue weighted by molar-refractivity contribution is -0.646. The van der Waals surface area contributed by atoms with Crippen LogP contribution < -0.4 is 20.0 Å². The Morgan fingerprint density at radius 1 is 0.917 bits per heavy atom. The summed E-state index contributed by atoms with van der Waals surface area (Å²) in [5.74, 6) is 7.20. The molecular formula is C24H33Br2N3O5S2. The van der Waals surface area contributed by atoms with Gasteiger partial charge in [0.1, 0.15) is 15.9 Å². The van der Waals surface area contributed by atoms with Gasteiger partial charge in [0.15, 0.2) is 5.75 Å². The third-order valence-corrected chi connectivity index (χ3v) is 6.59. The molecule has 0 amide bonds. The number of ether oxygens (including phenoxy) is 2. The van der Waals surface area contributed by atoms with E-state index in [1.807, 2.05) is 32.9 Å². The molecule has 1 aromatic carbocycles. The molecule has 0 aliphatic heterocycles. The Hall–Kier alpha value is -1.86. The molecule has 0 radical (unpaired) electrons. The van der Waals surface area contributed by atoms with Gasteiger partial charge in [-0.15, -0.1) is 0 Å². The van der Waals surface area contributed by atoms with Gasteiger partial charge in [0.25, 0.3) is 0 Å². The first-order valence-electron chi connectivity index (χ1n) is 10.4. The Morgan fingerprint density at radius 3 is 1.81 bits per heavy atom. The third-order valence-electron chi connectivity index (χ3n) is 4.58. The number of pyridine rings is 2. The zero-order valence-electron chi connectivity index (χ0n) is 21.6. The van der Waals surface area contributed by atoms with Crippen LogP contribution in [0, 0.1) is 34.6 Å². The van der Waals surface area contributed by atoms with E-state index in [9.17, 15) is 13.0 Å². The zero-order chi connectivity index (χ0) is 28.2. The van der Waals surface area contributed by atoms with Crippen molar-refractivity contribution in [3.05, 3.63) is 73.7 Å². The van der Waals surface area contributed by atoms with Crippen LogP contribution in [-0.2, 0) is 10.1 Å². The fourth-order valence-corrected chi connectivity index (χ4v) is 4.73. The summed E-state index contributed by atoms with van der Waals surface area (Å²) in [7, 11) is -1.08. The highest BCUT2D eigenvalue weighted by atomic mass is 79.9. The predicted molar refractivity (Wildman–Crippen MR) is 153 cm³/mol. The molecular weight excluding hydrogens is 634 g/mol. The largest absolute Gasteiger partial charge is 0.744 e. The van der Waals surface area contributed by atoms with Crippen molar-refractivity contribution in [2.75, 3.05) is 26.3 Å². The number of halogens is 2. The average Bonchev–Trinajstić information content (AvgIpc) is 2.78. The number of nitrogens with two attached hydrogens (primary N) is 1. The molecule has 0 fully saturated rings. The molecule has 8 nitrogen and oxygen atoms in total. The Bertz CT molecular complexity index is 1230. The van der Waals surface area contributed by atoms with Gasteiger partial charge >= 0.3 is 0 Å². The number of thiol groups is 1. The minimum absolute atomic E-state index is 0.0851. The number of hydrogen-bond donors (Lipinski definition) is 2. The van der Waals surface area contributed by atoms with Crippen LogP contribution in [0.25, 0.3) is 0 Å². The summed E-state index contributed by atoms with van der Waals surface area (Å²) in [6, 6.07) is 7.15. The molecule has 2 heterocycles. The first kappa shape index (κ1) is 34.1. The fraction of sp³-hybridized carbons (Fsp3) is 0.333. The highest BCUT2D eigenvalue weighted by Gasteiger charge is 2.11. The molecule has 0 bridgehead atoms. The van der Waals surface area contributed by atoms with Crippen molar-refractivity contribution in [1.29, 1.82) is 0 Å². The molecule has 12 heteroatoms. The number of benzene rings is 1. The molecule has 0 aliphatic carbocycles. The summed E-state index contributed by atoms with van der Waals surface area (Å²) in [5, 5.41) is 0. The molecule has 0 spiro atoms. The molecule has 36 heavy (non-hydrogen) atoms. The van der Waals surface area contributed by atoms with Crippen LogP contribution in [0.2, 0.25) is 0 Å². The lowest BCUT2D eigenvalue weighted by Gasteiger charge is -2.14. The lowest BCUT2D eigenvalue weighted by atomic mass is 10.1. The van der Waals surface area contributed by atoms with E-state index in [0.29, 0.717) is 11.1 Å². The lowest BCUT2D eigenvalue weighted by Crippen LogP contribution is -2.47. The average molecular weight is 667 g/mol. The summed E-state index contributed by atoms with van der Waals surface area (Å²) >= 11 is 10.1. The summed E-state index contributed by atoms with van der Waals surface area (Å²) < 4.78 is 46.0. The zero-order valence-corrected chi connectivity index (χ0v) is 26.5. The van der Waals surface area contributed by atoms with Gasteiger partial charge in [0.2, 0.25) is 11.9 Å². The second kappa shape index (κ2) is 16.1. The van der Waals surface area contributed by atoms with E-state index in [-0.39, 0.29) is 4.90 Å². The summed E-state index contributed by atoms with van der Waals surface area (Å²) in [6.07, 6.45) is 5.22. The van der Waals surface area contributed by atoms with Crippen molar-refractivity contribution in [3.8, 4) is 11.5 Å².